The Kier molecular flexibility index (Phi) is 3.20. The van der Waals surface area contributed by atoms with E-state index in [1.54, 1.807) is 0 Å². The van der Waals surface area contributed by atoms with E-state index in [9.17, 15) is 8.42 Å². The van der Waals surface area contributed by atoms with Gasteiger partial charge in [-0.25, -0.2) is 18.4 Å². The smallest absolute Gasteiger partial charge is 0.255 e. The maximum absolute atomic E-state index is 12.1. The molecule has 0 spiro atoms. The number of anilines is 1. The van der Waals surface area contributed by atoms with Crippen molar-refractivity contribution >= 4 is 38.1 Å². The Balaban J connectivity index is 1.86. The van der Waals surface area contributed by atoms with E-state index in [1.807, 2.05) is 0 Å². The fourth-order valence-corrected chi connectivity index (χ4v) is 4.27. The van der Waals surface area contributed by atoms with Gasteiger partial charge in [0.25, 0.3) is 10.0 Å². The molecule has 0 fully saturated rings. The monoisotopic (exact) mass is 315 g/mol. The predicted octanol–water partition coefficient (Wildman–Crippen LogP) is 2.48. The Bertz CT molecular complexity index is 689. The zero-order valence-corrected chi connectivity index (χ0v) is 12.1. The molecule has 0 aliphatic heterocycles. The van der Waals surface area contributed by atoms with Crippen LogP contribution in [0.15, 0.2) is 23.2 Å². The van der Waals surface area contributed by atoms with Crippen LogP contribution in [0.1, 0.15) is 17.0 Å². The van der Waals surface area contributed by atoms with Crippen molar-refractivity contribution in [3.63, 3.8) is 0 Å². The standard InChI is InChI=1S/C11H10ClN3O2S2/c12-10-5-4-7(6-13-10)19(16,17)15-11-14-8-2-1-3-9(8)18-11/h4-6H,1-3H2,(H,14,15). The average Bonchev–Trinajstić information content (AvgIpc) is 2.89. The summed E-state index contributed by atoms with van der Waals surface area (Å²) in [5.74, 6) is 0. The predicted molar refractivity (Wildman–Crippen MR) is 74.2 cm³/mol. The van der Waals surface area contributed by atoms with Gasteiger partial charge in [-0.05, 0) is 31.4 Å². The van der Waals surface area contributed by atoms with Gasteiger partial charge in [0.1, 0.15) is 10.0 Å². The van der Waals surface area contributed by atoms with Gasteiger partial charge in [-0.3, -0.25) is 4.72 Å². The molecule has 19 heavy (non-hydrogen) atoms. The maximum Gasteiger partial charge on any atom is 0.265 e. The molecule has 100 valence electrons. The molecule has 2 heterocycles. The van der Waals surface area contributed by atoms with Gasteiger partial charge in [0.15, 0.2) is 5.13 Å². The van der Waals surface area contributed by atoms with Crippen LogP contribution >= 0.6 is 22.9 Å². The molecular formula is C11H10ClN3O2S2. The highest BCUT2D eigenvalue weighted by Gasteiger charge is 2.21. The molecule has 0 aromatic carbocycles. The first-order chi connectivity index (χ1) is 9.04. The summed E-state index contributed by atoms with van der Waals surface area (Å²) in [6.07, 6.45) is 4.24. The van der Waals surface area contributed by atoms with Crippen molar-refractivity contribution in [2.75, 3.05) is 4.72 Å². The topological polar surface area (TPSA) is 72.0 Å². The summed E-state index contributed by atoms with van der Waals surface area (Å²) in [6, 6.07) is 2.86. The lowest BCUT2D eigenvalue weighted by Gasteiger charge is -2.04. The van der Waals surface area contributed by atoms with Crippen molar-refractivity contribution in [2.24, 2.45) is 0 Å². The summed E-state index contributed by atoms with van der Waals surface area (Å²) in [5.41, 5.74) is 1.01. The highest BCUT2D eigenvalue weighted by atomic mass is 35.5. The number of rotatable bonds is 3. The SMILES string of the molecule is O=S(=O)(Nc1nc2c(s1)CCC2)c1ccc(Cl)nc1. The van der Waals surface area contributed by atoms with Crippen molar-refractivity contribution in [1.82, 2.24) is 9.97 Å². The number of hydrogen-bond donors (Lipinski definition) is 1. The van der Waals surface area contributed by atoms with Crippen LogP contribution in [0.25, 0.3) is 0 Å². The summed E-state index contributed by atoms with van der Waals surface area (Å²) in [5, 5.41) is 0.673. The summed E-state index contributed by atoms with van der Waals surface area (Å²) in [6.45, 7) is 0. The number of pyridine rings is 1. The van der Waals surface area contributed by atoms with Gasteiger partial charge in [-0.2, -0.15) is 0 Å². The lowest BCUT2D eigenvalue weighted by Crippen LogP contribution is -2.13. The first kappa shape index (κ1) is 12.8. The molecule has 0 saturated heterocycles. The zero-order valence-electron chi connectivity index (χ0n) is 9.76. The molecule has 0 unspecified atom stereocenters. The van der Waals surface area contributed by atoms with Crippen LogP contribution in [0.5, 0.6) is 0 Å². The van der Waals surface area contributed by atoms with Crippen molar-refractivity contribution < 1.29 is 8.42 Å². The van der Waals surface area contributed by atoms with E-state index in [0.717, 1.165) is 25.0 Å². The van der Waals surface area contributed by atoms with E-state index in [-0.39, 0.29) is 10.0 Å². The number of halogens is 1. The molecule has 2 aromatic heterocycles. The average molecular weight is 316 g/mol. The van der Waals surface area contributed by atoms with E-state index in [0.29, 0.717) is 5.13 Å². The maximum atomic E-state index is 12.1. The Morgan fingerprint density at radius 1 is 1.32 bits per heavy atom. The molecule has 0 radical (unpaired) electrons. The largest absolute Gasteiger partial charge is 0.265 e. The minimum Gasteiger partial charge on any atom is -0.255 e. The molecule has 1 aliphatic carbocycles. The lowest BCUT2D eigenvalue weighted by atomic mass is 10.4. The third-order valence-corrected chi connectivity index (χ3v) is 5.58. The van der Waals surface area contributed by atoms with Crippen molar-refractivity contribution in [2.45, 2.75) is 24.2 Å². The minimum absolute atomic E-state index is 0.0762. The second kappa shape index (κ2) is 4.73. The van der Waals surface area contributed by atoms with Gasteiger partial charge in [0, 0.05) is 11.1 Å². The molecular weight excluding hydrogens is 306 g/mol. The number of sulfonamides is 1. The van der Waals surface area contributed by atoms with E-state index >= 15 is 0 Å². The number of fused-ring (bicyclic) bond motifs is 1. The fraction of sp³-hybridized carbons (Fsp3) is 0.273. The van der Waals surface area contributed by atoms with Gasteiger partial charge in [0.05, 0.1) is 5.69 Å². The third kappa shape index (κ3) is 2.58. The molecule has 1 aliphatic rings. The van der Waals surface area contributed by atoms with E-state index in [4.69, 9.17) is 11.6 Å². The summed E-state index contributed by atoms with van der Waals surface area (Å²) < 4.78 is 26.7. The second-order valence-electron chi connectivity index (χ2n) is 4.16. The second-order valence-corrected chi connectivity index (χ2v) is 7.32. The Morgan fingerprint density at radius 3 is 2.84 bits per heavy atom. The van der Waals surface area contributed by atoms with Gasteiger partial charge in [-0.1, -0.05) is 11.6 Å². The van der Waals surface area contributed by atoms with Crippen LogP contribution in [0.4, 0.5) is 5.13 Å². The van der Waals surface area contributed by atoms with Crippen LogP contribution in [-0.4, -0.2) is 18.4 Å². The number of aryl methyl sites for hydroxylation is 2. The Labute approximate surface area is 119 Å². The third-order valence-electron chi connectivity index (χ3n) is 2.83. The highest BCUT2D eigenvalue weighted by molar-refractivity contribution is 7.93. The van der Waals surface area contributed by atoms with Crippen molar-refractivity contribution in [3.05, 3.63) is 34.1 Å². The quantitative estimate of drug-likeness (QED) is 0.883. The first-order valence-corrected chi connectivity index (χ1v) is 8.35. The number of thiazole rings is 1. The molecule has 8 heteroatoms. The van der Waals surface area contributed by atoms with Crippen LogP contribution in [0.2, 0.25) is 5.15 Å². The minimum atomic E-state index is -3.64. The van der Waals surface area contributed by atoms with Crippen LogP contribution < -0.4 is 4.72 Å². The van der Waals surface area contributed by atoms with Crippen molar-refractivity contribution in [3.8, 4) is 0 Å². The molecule has 5 nitrogen and oxygen atoms in total. The Morgan fingerprint density at radius 2 is 2.16 bits per heavy atom. The molecule has 2 aromatic rings. The molecule has 0 bridgehead atoms. The first-order valence-electron chi connectivity index (χ1n) is 5.67. The number of aromatic nitrogens is 2. The van der Waals surface area contributed by atoms with Gasteiger partial charge in [0.2, 0.25) is 0 Å². The van der Waals surface area contributed by atoms with Gasteiger partial charge in [-0.15, -0.1) is 11.3 Å². The van der Waals surface area contributed by atoms with Gasteiger partial charge >= 0.3 is 0 Å². The zero-order chi connectivity index (χ0) is 13.5. The molecule has 0 amide bonds. The number of nitrogens with zero attached hydrogens (tertiary/aromatic N) is 2. The summed E-state index contributed by atoms with van der Waals surface area (Å²) in [4.78, 5) is 9.32. The van der Waals surface area contributed by atoms with Gasteiger partial charge < -0.3 is 0 Å². The normalized spacial score (nSPS) is 14.4. The van der Waals surface area contributed by atoms with Crippen LogP contribution in [0.3, 0.4) is 0 Å². The Hall–Kier alpha value is -1.18. The number of nitrogens with one attached hydrogen (secondary N) is 1. The van der Waals surface area contributed by atoms with E-state index < -0.39 is 10.0 Å². The van der Waals surface area contributed by atoms with E-state index in [1.165, 1.54) is 34.5 Å². The molecule has 3 rings (SSSR count). The lowest BCUT2D eigenvalue weighted by molar-refractivity contribution is 0.601. The molecule has 0 saturated carbocycles. The number of hydrogen-bond acceptors (Lipinski definition) is 5. The van der Waals surface area contributed by atoms with Crippen molar-refractivity contribution in [1.29, 1.82) is 0 Å². The summed E-state index contributed by atoms with van der Waals surface area (Å²) in [7, 11) is -3.64. The van der Waals surface area contributed by atoms with Crippen LogP contribution in [0, 0.1) is 0 Å². The summed E-state index contributed by atoms with van der Waals surface area (Å²) >= 11 is 7.03. The molecule has 1 N–H and O–H groups in total. The van der Waals surface area contributed by atoms with E-state index in [2.05, 4.69) is 14.7 Å². The molecule has 0 atom stereocenters. The highest BCUT2D eigenvalue weighted by Crippen LogP contribution is 2.31. The van der Waals surface area contributed by atoms with Crippen LogP contribution in [-0.2, 0) is 22.9 Å². The fourth-order valence-electron chi connectivity index (χ4n) is 1.93.